The van der Waals surface area contributed by atoms with E-state index in [1.807, 2.05) is 18.2 Å². The summed E-state index contributed by atoms with van der Waals surface area (Å²) in [7, 11) is 0. The van der Waals surface area contributed by atoms with Crippen LogP contribution in [0, 0.1) is 0 Å². The Morgan fingerprint density at radius 1 is 1.24 bits per heavy atom. The van der Waals surface area contributed by atoms with E-state index >= 15 is 0 Å². The Labute approximate surface area is 126 Å². The third-order valence-electron chi connectivity index (χ3n) is 4.84. The van der Waals surface area contributed by atoms with Gasteiger partial charge in [0.05, 0.1) is 0 Å². The Balaban J connectivity index is 1.80. The van der Waals surface area contributed by atoms with Crippen molar-refractivity contribution in [3.63, 3.8) is 0 Å². The van der Waals surface area contributed by atoms with E-state index in [9.17, 15) is 4.79 Å². The molecule has 3 heteroatoms. The van der Waals surface area contributed by atoms with Crippen molar-refractivity contribution >= 4 is 5.91 Å². The summed E-state index contributed by atoms with van der Waals surface area (Å²) in [6.07, 6.45) is 9.66. The molecule has 0 radical (unpaired) electrons. The van der Waals surface area contributed by atoms with Crippen LogP contribution in [0.4, 0.5) is 0 Å². The number of allylic oxidation sites excluding steroid dienone is 1. The van der Waals surface area contributed by atoms with Crippen molar-refractivity contribution in [1.29, 1.82) is 0 Å². The zero-order valence-electron chi connectivity index (χ0n) is 12.5. The minimum atomic E-state index is -0.308. The topological polar surface area (TPSA) is 55.1 Å². The fourth-order valence-electron chi connectivity index (χ4n) is 3.74. The van der Waals surface area contributed by atoms with Gasteiger partial charge in [-0.05, 0) is 62.6 Å². The van der Waals surface area contributed by atoms with E-state index in [2.05, 4.69) is 17.5 Å². The van der Waals surface area contributed by atoms with Gasteiger partial charge in [-0.15, -0.1) is 0 Å². The summed E-state index contributed by atoms with van der Waals surface area (Å²) >= 11 is 0. The summed E-state index contributed by atoms with van der Waals surface area (Å²) in [6.45, 7) is 1.01. The molecule has 1 aromatic carbocycles. The maximum absolute atomic E-state index is 11.6. The second kappa shape index (κ2) is 6.44. The molecule has 0 saturated carbocycles. The summed E-state index contributed by atoms with van der Waals surface area (Å²) in [6, 6.07) is 8.31. The molecule has 3 nitrogen and oxygen atoms in total. The summed E-state index contributed by atoms with van der Waals surface area (Å²) in [4.78, 5) is 11.6. The first kappa shape index (κ1) is 14.3. The lowest BCUT2D eigenvalue weighted by Crippen LogP contribution is -2.39. The van der Waals surface area contributed by atoms with Gasteiger partial charge in [0.15, 0.2) is 0 Å². The van der Waals surface area contributed by atoms with E-state index in [1.165, 1.54) is 25.7 Å². The van der Waals surface area contributed by atoms with Crippen LogP contribution in [0.1, 0.15) is 60.4 Å². The number of hydrogen-bond acceptors (Lipinski definition) is 2. The maximum Gasteiger partial charge on any atom is 0.248 e. The molecule has 2 unspecified atom stereocenters. The lowest BCUT2D eigenvalue weighted by Gasteiger charge is -2.34. The molecule has 0 bridgehead atoms. The van der Waals surface area contributed by atoms with Gasteiger partial charge < -0.3 is 11.1 Å². The summed E-state index contributed by atoms with van der Waals surface area (Å²) in [5.74, 6) is 0.125. The standard InChI is InChI=1S/C18H24N2O/c19-18(21)16-9-5-4-8-15(16)14-10-11-20-17(12-14)13-6-2-1-3-7-13/h4-6,8-9,14,17,20H,1-3,7,10-12H2,(H2,19,21). The summed E-state index contributed by atoms with van der Waals surface area (Å²) in [5.41, 5.74) is 8.93. The molecule has 2 atom stereocenters. The highest BCUT2D eigenvalue weighted by Crippen LogP contribution is 2.34. The smallest absolute Gasteiger partial charge is 0.248 e. The monoisotopic (exact) mass is 284 g/mol. The van der Waals surface area contributed by atoms with Crippen molar-refractivity contribution in [2.75, 3.05) is 6.54 Å². The molecule has 3 N–H and O–H groups in total. The Kier molecular flexibility index (Phi) is 4.39. The summed E-state index contributed by atoms with van der Waals surface area (Å²) in [5, 5.41) is 3.65. The van der Waals surface area contributed by atoms with E-state index in [1.54, 1.807) is 5.57 Å². The van der Waals surface area contributed by atoms with Crippen molar-refractivity contribution in [1.82, 2.24) is 5.32 Å². The zero-order chi connectivity index (χ0) is 14.7. The molecule has 1 amide bonds. The normalized spacial score (nSPS) is 26.2. The minimum absolute atomic E-state index is 0.308. The average Bonchev–Trinajstić information content (AvgIpc) is 2.56. The number of primary amides is 1. The van der Waals surface area contributed by atoms with E-state index < -0.39 is 0 Å². The van der Waals surface area contributed by atoms with Gasteiger partial charge in [-0.1, -0.05) is 29.8 Å². The zero-order valence-corrected chi connectivity index (χ0v) is 12.5. The van der Waals surface area contributed by atoms with Crippen molar-refractivity contribution in [3.8, 4) is 0 Å². The highest BCUT2D eigenvalue weighted by molar-refractivity contribution is 5.94. The molecule has 2 aliphatic rings. The third kappa shape index (κ3) is 3.18. The van der Waals surface area contributed by atoms with Crippen LogP contribution >= 0.6 is 0 Å². The molecule has 0 aromatic heterocycles. The van der Waals surface area contributed by atoms with Crippen molar-refractivity contribution in [3.05, 3.63) is 47.0 Å². The number of rotatable bonds is 3. The second-order valence-corrected chi connectivity index (χ2v) is 6.20. The molecule has 3 rings (SSSR count). The van der Waals surface area contributed by atoms with Crippen molar-refractivity contribution in [2.45, 2.75) is 50.5 Å². The van der Waals surface area contributed by atoms with E-state index in [0.29, 0.717) is 17.5 Å². The van der Waals surface area contributed by atoms with Gasteiger partial charge in [0.25, 0.3) is 0 Å². The maximum atomic E-state index is 11.6. The predicted octanol–water partition coefficient (Wildman–Crippen LogP) is 3.12. The molecule has 1 fully saturated rings. The van der Waals surface area contributed by atoms with E-state index in [-0.39, 0.29) is 5.91 Å². The number of nitrogens with two attached hydrogens (primary N) is 1. The van der Waals surface area contributed by atoms with Gasteiger partial charge in [-0.3, -0.25) is 4.79 Å². The lowest BCUT2D eigenvalue weighted by molar-refractivity contribution is 0.0998. The first-order valence-corrected chi connectivity index (χ1v) is 8.06. The second-order valence-electron chi connectivity index (χ2n) is 6.20. The average molecular weight is 284 g/mol. The molecule has 112 valence electrons. The fourth-order valence-corrected chi connectivity index (χ4v) is 3.74. The van der Waals surface area contributed by atoms with Gasteiger partial charge in [-0.25, -0.2) is 0 Å². The Morgan fingerprint density at radius 3 is 2.86 bits per heavy atom. The van der Waals surface area contributed by atoms with Crippen molar-refractivity contribution < 1.29 is 4.79 Å². The largest absolute Gasteiger partial charge is 0.366 e. The molecule has 1 heterocycles. The first-order chi connectivity index (χ1) is 10.3. The Morgan fingerprint density at radius 2 is 2.10 bits per heavy atom. The van der Waals surface area contributed by atoms with Gasteiger partial charge >= 0.3 is 0 Å². The molecular formula is C18H24N2O. The minimum Gasteiger partial charge on any atom is -0.366 e. The molecule has 1 aliphatic heterocycles. The van der Waals surface area contributed by atoms with Gasteiger partial charge in [0.2, 0.25) is 5.91 Å². The third-order valence-corrected chi connectivity index (χ3v) is 4.84. The van der Waals surface area contributed by atoms with Crippen LogP contribution in [0.25, 0.3) is 0 Å². The Bertz CT molecular complexity index is 550. The number of hydrogen-bond donors (Lipinski definition) is 2. The van der Waals surface area contributed by atoms with E-state index in [4.69, 9.17) is 5.73 Å². The first-order valence-electron chi connectivity index (χ1n) is 8.06. The quantitative estimate of drug-likeness (QED) is 0.838. The van der Waals surface area contributed by atoms with Crippen LogP contribution in [-0.4, -0.2) is 18.5 Å². The molecule has 1 aliphatic carbocycles. The van der Waals surface area contributed by atoms with Crippen LogP contribution in [0.2, 0.25) is 0 Å². The van der Waals surface area contributed by atoms with E-state index in [0.717, 1.165) is 24.9 Å². The fraction of sp³-hybridized carbons (Fsp3) is 0.500. The number of piperidine rings is 1. The number of nitrogens with one attached hydrogen (secondary N) is 1. The van der Waals surface area contributed by atoms with Gasteiger partial charge in [0.1, 0.15) is 0 Å². The predicted molar refractivity (Wildman–Crippen MR) is 85.3 cm³/mol. The lowest BCUT2D eigenvalue weighted by atomic mass is 9.80. The summed E-state index contributed by atoms with van der Waals surface area (Å²) < 4.78 is 0. The molecule has 1 aromatic rings. The van der Waals surface area contributed by atoms with Gasteiger partial charge in [0, 0.05) is 11.6 Å². The highest BCUT2D eigenvalue weighted by Gasteiger charge is 2.27. The van der Waals surface area contributed by atoms with Crippen molar-refractivity contribution in [2.24, 2.45) is 5.73 Å². The SMILES string of the molecule is NC(=O)c1ccccc1C1CCNC(C2=CCCCC2)C1. The molecule has 1 saturated heterocycles. The molecule has 21 heavy (non-hydrogen) atoms. The molecular weight excluding hydrogens is 260 g/mol. The van der Waals surface area contributed by atoms with Crippen LogP contribution < -0.4 is 11.1 Å². The van der Waals surface area contributed by atoms with Crippen LogP contribution in [0.5, 0.6) is 0 Å². The number of carbonyl (C=O) groups excluding carboxylic acids is 1. The Hall–Kier alpha value is -1.61. The number of amides is 1. The van der Waals surface area contributed by atoms with Crippen LogP contribution in [-0.2, 0) is 0 Å². The van der Waals surface area contributed by atoms with Crippen LogP contribution in [0.15, 0.2) is 35.9 Å². The highest BCUT2D eigenvalue weighted by atomic mass is 16.1. The number of carbonyl (C=O) groups is 1. The molecule has 0 spiro atoms. The number of benzene rings is 1. The van der Waals surface area contributed by atoms with Crippen LogP contribution in [0.3, 0.4) is 0 Å². The van der Waals surface area contributed by atoms with Gasteiger partial charge in [-0.2, -0.15) is 0 Å².